The largest absolute Gasteiger partial charge is 0.507 e. The quantitative estimate of drug-likeness (QED) is 0.784. The molecule has 2 aromatic rings. The summed E-state index contributed by atoms with van der Waals surface area (Å²) >= 11 is 0. The standard InChI is InChI=1S/C13H15N3O/c1-16-13(14)11(7-15-16)10-6-5-8-3-2-4-9(8)12(10)17/h5-7,17H,2-4,14H2,1H3. The first-order valence-corrected chi connectivity index (χ1v) is 5.80. The molecule has 0 fully saturated rings. The maximum atomic E-state index is 10.3. The molecule has 3 rings (SSSR count). The van der Waals surface area contributed by atoms with Crippen molar-refractivity contribution < 1.29 is 5.11 Å². The summed E-state index contributed by atoms with van der Waals surface area (Å²) in [7, 11) is 1.79. The number of fused-ring (bicyclic) bond motifs is 1. The van der Waals surface area contributed by atoms with Crippen molar-refractivity contribution in [3.05, 3.63) is 29.5 Å². The van der Waals surface area contributed by atoms with Gasteiger partial charge in [0.25, 0.3) is 0 Å². The van der Waals surface area contributed by atoms with E-state index < -0.39 is 0 Å². The van der Waals surface area contributed by atoms with Gasteiger partial charge in [0.15, 0.2) is 0 Å². The molecule has 3 N–H and O–H groups in total. The highest BCUT2D eigenvalue weighted by Crippen LogP contribution is 2.39. The molecule has 1 aliphatic carbocycles. The Hall–Kier alpha value is -1.97. The van der Waals surface area contributed by atoms with Crippen LogP contribution in [0.4, 0.5) is 5.82 Å². The number of aryl methyl sites for hydroxylation is 2. The minimum atomic E-state index is 0.375. The molecule has 4 heteroatoms. The van der Waals surface area contributed by atoms with Crippen LogP contribution in [0.15, 0.2) is 18.3 Å². The lowest BCUT2D eigenvalue weighted by Gasteiger charge is -2.08. The molecule has 88 valence electrons. The number of hydrogen-bond acceptors (Lipinski definition) is 3. The first kappa shape index (κ1) is 10.2. The fraction of sp³-hybridized carbons (Fsp3) is 0.308. The molecule has 1 heterocycles. The Morgan fingerprint density at radius 1 is 1.29 bits per heavy atom. The van der Waals surface area contributed by atoms with Gasteiger partial charge in [-0.3, -0.25) is 4.68 Å². The van der Waals surface area contributed by atoms with E-state index >= 15 is 0 Å². The number of hydrogen-bond donors (Lipinski definition) is 2. The van der Waals surface area contributed by atoms with Crippen LogP contribution >= 0.6 is 0 Å². The van der Waals surface area contributed by atoms with Gasteiger partial charge in [0.05, 0.1) is 6.20 Å². The van der Waals surface area contributed by atoms with Gasteiger partial charge in [0.2, 0.25) is 0 Å². The molecule has 0 radical (unpaired) electrons. The predicted octanol–water partition coefficient (Wildman–Crippen LogP) is 1.86. The van der Waals surface area contributed by atoms with Crippen LogP contribution in [0.25, 0.3) is 11.1 Å². The first-order valence-electron chi connectivity index (χ1n) is 5.80. The molecular formula is C13H15N3O. The van der Waals surface area contributed by atoms with Crippen LogP contribution in [0.2, 0.25) is 0 Å². The van der Waals surface area contributed by atoms with Crippen LogP contribution < -0.4 is 5.73 Å². The third-order valence-corrected chi connectivity index (χ3v) is 3.53. The second-order valence-electron chi connectivity index (χ2n) is 4.52. The van der Waals surface area contributed by atoms with Crippen molar-refractivity contribution in [1.82, 2.24) is 9.78 Å². The summed E-state index contributed by atoms with van der Waals surface area (Å²) in [5.74, 6) is 0.956. The Kier molecular flexibility index (Phi) is 2.11. The average molecular weight is 229 g/mol. The molecule has 1 aromatic heterocycles. The number of aromatic nitrogens is 2. The number of anilines is 1. The third kappa shape index (κ3) is 1.40. The minimum absolute atomic E-state index is 0.375. The van der Waals surface area contributed by atoms with Crippen LogP contribution in [-0.2, 0) is 19.9 Å². The molecular weight excluding hydrogens is 214 g/mol. The first-order chi connectivity index (χ1) is 8.18. The SMILES string of the molecule is Cn1ncc(-c2ccc3c(c2O)CCC3)c1N. The van der Waals surface area contributed by atoms with Gasteiger partial charge in [-0.15, -0.1) is 0 Å². The highest BCUT2D eigenvalue weighted by molar-refractivity contribution is 5.79. The van der Waals surface area contributed by atoms with Gasteiger partial charge in [-0.1, -0.05) is 12.1 Å². The number of nitrogens with zero attached hydrogens (tertiary/aromatic N) is 2. The van der Waals surface area contributed by atoms with Gasteiger partial charge in [-0.25, -0.2) is 0 Å². The lowest BCUT2D eigenvalue weighted by molar-refractivity contribution is 0.471. The van der Waals surface area contributed by atoms with E-state index in [1.807, 2.05) is 6.07 Å². The van der Waals surface area contributed by atoms with Gasteiger partial charge in [-0.2, -0.15) is 5.10 Å². The molecule has 0 unspecified atom stereocenters. The van der Waals surface area contributed by atoms with Crippen molar-refractivity contribution >= 4 is 5.82 Å². The maximum absolute atomic E-state index is 10.3. The fourth-order valence-corrected chi connectivity index (χ4v) is 2.52. The summed E-state index contributed by atoms with van der Waals surface area (Å²) in [6, 6.07) is 4.02. The summed E-state index contributed by atoms with van der Waals surface area (Å²) < 4.78 is 1.61. The van der Waals surface area contributed by atoms with Crippen molar-refractivity contribution in [2.24, 2.45) is 7.05 Å². The molecule has 1 aliphatic rings. The number of benzene rings is 1. The summed E-state index contributed by atoms with van der Waals surface area (Å²) in [6.07, 6.45) is 4.83. The number of rotatable bonds is 1. The molecule has 0 saturated heterocycles. The summed E-state index contributed by atoms with van der Waals surface area (Å²) in [6.45, 7) is 0. The topological polar surface area (TPSA) is 64.1 Å². The van der Waals surface area contributed by atoms with Crippen molar-refractivity contribution in [2.45, 2.75) is 19.3 Å². The van der Waals surface area contributed by atoms with Crippen LogP contribution in [0.3, 0.4) is 0 Å². The van der Waals surface area contributed by atoms with Crippen molar-refractivity contribution in [3.63, 3.8) is 0 Å². The molecule has 0 spiro atoms. The number of nitrogen functional groups attached to an aromatic ring is 1. The van der Waals surface area contributed by atoms with Crippen LogP contribution in [0.5, 0.6) is 5.75 Å². The summed E-state index contributed by atoms with van der Waals surface area (Å²) in [4.78, 5) is 0. The Labute approximate surface area is 99.7 Å². The zero-order chi connectivity index (χ0) is 12.0. The van der Waals surface area contributed by atoms with Crippen LogP contribution in [-0.4, -0.2) is 14.9 Å². The van der Waals surface area contributed by atoms with Crippen molar-refractivity contribution in [2.75, 3.05) is 5.73 Å². The molecule has 0 amide bonds. The Morgan fingerprint density at radius 3 is 2.82 bits per heavy atom. The van der Waals surface area contributed by atoms with E-state index in [-0.39, 0.29) is 0 Å². The highest BCUT2D eigenvalue weighted by Gasteiger charge is 2.20. The lowest BCUT2D eigenvalue weighted by atomic mass is 10.0. The van der Waals surface area contributed by atoms with Crippen molar-refractivity contribution in [1.29, 1.82) is 0 Å². The maximum Gasteiger partial charge on any atom is 0.129 e. The van der Waals surface area contributed by atoms with E-state index in [9.17, 15) is 5.11 Å². The third-order valence-electron chi connectivity index (χ3n) is 3.53. The Bertz CT molecular complexity index is 587. The van der Waals surface area contributed by atoms with Gasteiger partial charge >= 0.3 is 0 Å². The van der Waals surface area contributed by atoms with E-state index in [0.717, 1.165) is 36.0 Å². The van der Waals surface area contributed by atoms with Crippen LogP contribution in [0, 0.1) is 0 Å². The molecule has 17 heavy (non-hydrogen) atoms. The van der Waals surface area contributed by atoms with E-state index in [2.05, 4.69) is 11.2 Å². The normalized spacial score (nSPS) is 13.9. The van der Waals surface area contributed by atoms with Crippen molar-refractivity contribution in [3.8, 4) is 16.9 Å². The lowest BCUT2D eigenvalue weighted by Crippen LogP contribution is -1.98. The van der Waals surface area contributed by atoms with E-state index in [4.69, 9.17) is 5.73 Å². The molecule has 0 saturated carbocycles. The van der Waals surface area contributed by atoms with Gasteiger partial charge in [0.1, 0.15) is 11.6 Å². The zero-order valence-electron chi connectivity index (χ0n) is 9.77. The summed E-state index contributed by atoms with van der Waals surface area (Å²) in [5.41, 5.74) is 9.86. The average Bonchev–Trinajstić information content (AvgIpc) is 2.90. The highest BCUT2D eigenvalue weighted by atomic mass is 16.3. The molecule has 0 aliphatic heterocycles. The van der Waals surface area contributed by atoms with E-state index in [1.54, 1.807) is 17.9 Å². The smallest absolute Gasteiger partial charge is 0.129 e. The Morgan fingerprint density at radius 2 is 2.12 bits per heavy atom. The number of aromatic hydroxyl groups is 1. The van der Waals surface area contributed by atoms with Gasteiger partial charge < -0.3 is 10.8 Å². The number of phenolic OH excluding ortho intramolecular Hbond substituents is 1. The van der Waals surface area contributed by atoms with Gasteiger partial charge in [-0.05, 0) is 30.4 Å². The monoisotopic (exact) mass is 229 g/mol. The molecule has 0 bridgehead atoms. The molecule has 1 aromatic carbocycles. The fourth-order valence-electron chi connectivity index (χ4n) is 2.52. The zero-order valence-corrected chi connectivity index (χ0v) is 9.77. The predicted molar refractivity (Wildman–Crippen MR) is 66.7 cm³/mol. The molecule has 0 atom stereocenters. The van der Waals surface area contributed by atoms with E-state index in [1.165, 1.54) is 5.56 Å². The Balaban J connectivity index is 2.19. The number of phenols is 1. The van der Waals surface area contributed by atoms with E-state index in [0.29, 0.717) is 11.6 Å². The summed E-state index contributed by atoms with van der Waals surface area (Å²) in [5, 5.41) is 14.4. The minimum Gasteiger partial charge on any atom is -0.507 e. The number of nitrogens with two attached hydrogens (primary N) is 1. The van der Waals surface area contributed by atoms with Crippen LogP contribution in [0.1, 0.15) is 17.5 Å². The second-order valence-corrected chi connectivity index (χ2v) is 4.52. The molecule has 4 nitrogen and oxygen atoms in total. The second kappa shape index (κ2) is 3.52. The van der Waals surface area contributed by atoms with Gasteiger partial charge in [0, 0.05) is 18.2 Å².